The van der Waals surface area contributed by atoms with E-state index in [1.807, 2.05) is 18.2 Å². The molecular formula is C17H22N4. The lowest BCUT2D eigenvalue weighted by Gasteiger charge is -2.21. The molecule has 1 aromatic heterocycles. The van der Waals surface area contributed by atoms with Crippen molar-refractivity contribution in [2.75, 3.05) is 6.54 Å². The summed E-state index contributed by atoms with van der Waals surface area (Å²) in [6.45, 7) is 1.91. The highest BCUT2D eigenvalue weighted by Crippen LogP contribution is 2.51. The quantitative estimate of drug-likeness (QED) is 0.917. The molecule has 4 heteroatoms. The minimum atomic E-state index is 0.791. The SMILES string of the molecule is c1ccc(-n2cnnc2CNCC2CCC3CC3C2)cc1. The Kier molecular flexibility index (Phi) is 3.47. The number of hydrogen-bond acceptors (Lipinski definition) is 3. The van der Waals surface area contributed by atoms with Crippen LogP contribution in [0, 0.1) is 17.8 Å². The Bertz CT molecular complexity index is 592. The van der Waals surface area contributed by atoms with Crippen molar-refractivity contribution in [2.24, 2.45) is 17.8 Å². The third kappa shape index (κ3) is 2.86. The fraction of sp³-hybridized carbons (Fsp3) is 0.529. The molecule has 0 amide bonds. The van der Waals surface area contributed by atoms with Gasteiger partial charge in [0, 0.05) is 5.69 Å². The molecule has 3 unspecified atom stereocenters. The van der Waals surface area contributed by atoms with Crippen LogP contribution in [0.5, 0.6) is 0 Å². The normalized spacial score (nSPS) is 27.3. The summed E-state index contributed by atoms with van der Waals surface area (Å²) in [7, 11) is 0. The van der Waals surface area contributed by atoms with Crippen LogP contribution in [0.25, 0.3) is 5.69 Å². The second kappa shape index (κ2) is 5.60. The Hall–Kier alpha value is -1.68. The molecule has 0 aliphatic heterocycles. The maximum atomic E-state index is 4.25. The van der Waals surface area contributed by atoms with Gasteiger partial charge >= 0.3 is 0 Å². The van der Waals surface area contributed by atoms with E-state index in [-0.39, 0.29) is 0 Å². The van der Waals surface area contributed by atoms with Crippen LogP contribution < -0.4 is 5.32 Å². The molecular weight excluding hydrogens is 260 g/mol. The predicted octanol–water partition coefficient (Wildman–Crippen LogP) is 2.79. The maximum Gasteiger partial charge on any atom is 0.151 e. The molecule has 4 nitrogen and oxygen atoms in total. The van der Waals surface area contributed by atoms with Gasteiger partial charge < -0.3 is 5.32 Å². The largest absolute Gasteiger partial charge is 0.310 e. The van der Waals surface area contributed by atoms with Crippen LogP contribution in [-0.2, 0) is 6.54 Å². The van der Waals surface area contributed by atoms with Crippen LogP contribution in [0.4, 0.5) is 0 Å². The molecule has 110 valence electrons. The van der Waals surface area contributed by atoms with Crippen molar-refractivity contribution in [2.45, 2.75) is 32.2 Å². The Morgan fingerprint density at radius 3 is 2.86 bits per heavy atom. The van der Waals surface area contributed by atoms with Crippen LogP contribution >= 0.6 is 0 Å². The Balaban J connectivity index is 1.34. The molecule has 1 heterocycles. The highest BCUT2D eigenvalue weighted by atomic mass is 15.3. The molecule has 2 saturated carbocycles. The molecule has 1 N–H and O–H groups in total. The molecule has 0 spiro atoms. The lowest BCUT2D eigenvalue weighted by atomic mass is 9.89. The number of hydrogen-bond donors (Lipinski definition) is 1. The Morgan fingerprint density at radius 1 is 1.10 bits per heavy atom. The topological polar surface area (TPSA) is 42.7 Å². The number of rotatable bonds is 5. The summed E-state index contributed by atoms with van der Waals surface area (Å²) in [5.74, 6) is 3.99. The lowest BCUT2D eigenvalue weighted by molar-refractivity contribution is 0.327. The lowest BCUT2D eigenvalue weighted by Crippen LogP contribution is -2.26. The average Bonchev–Trinajstić information content (AvgIpc) is 3.15. The summed E-state index contributed by atoms with van der Waals surface area (Å²) >= 11 is 0. The Morgan fingerprint density at radius 2 is 2.00 bits per heavy atom. The van der Waals surface area contributed by atoms with Gasteiger partial charge in [-0.2, -0.15) is 0 Å². The zero-order valence-corrected chi connectivity index (χ0v) is 12.3. The minimum absolute atomic E-state index is 0.791. The molecule has 0 saturated heterocycles. The molecule has 4 rings (SSSR count). The zero-order valence-electron chi connectivity index (χ0n) is 12.3. The van der Waals surface area contributed by atoms with Crippen molar-refractivity contribution in [1.29, 1.82) is 0 Å². The fourth-order valence-electron chi connectivity index (χ4n) is 3.71. The second-order valence-corrected chi connectivity index (χ2v) is 6.52. The first-order valence-corrected chi connectivity index (χ1v) is 8.05. The van der Waals surface area contributed by atoms with Crippen molar-refractivity contribution in [3.05, 3.63) is 42.5 Å². The van der Waals surface area contributed by atoms with E-state index in [0.717, 1.165) is 42.4 Å². The predicted molar refractivity (Wildman–Crippen MR) is 82.0 cm³/mol. The summed E-state index contributed by atoms with van der Waals surface area (Å²) < 4.78 is 2.06. The van der Waals surface area contributed by atoms with Crippen molar-refractivity contribution in [1.82, 2.24) is 20.1 Å². The highest BCUT2D eigenvalue weighted by molar-refractivity contribution is 5.31. The van der Waals surface area contributed by atoms with E-state index in [0.29, 0.717) is 0 Å². The van der Waals surface area contributed by atoms with Crippen molar-refractivity contribution in [3.63, 3.8) is 0 Å². The molecule has 2 fully saturated rings. The van der Waals surface area contributed by atoms with E-state index in [9.17, 15) is 0 Å². The first-order chi connectivity index (χ1) is 10.4. The number of para-hydroxylation sites is 1. The van der Waals surface area contributed by atoms with E-state index in [1.165, 1.54) is 25.7 Å². The highest BCUT2D eigenvalue weighted by Gasteiger charge is 2.41. The van der Waals surface area contributed by atoms with Gasteiger partial charge in [-0.05, 0) is 62.1 Å². The van der Waals surface area contributed by atoms with E-state index < -0.39 is 0 Å². The van der Waals surface area contributed by atoms with Gasteiger partial charge in [0.15, 0.2) is 5.82 Å². The number of nitrogens with one attached hydrogen (secondary N) is 1. The van der Waals surface area contributed by atoms with Gasteiger partial charge in [-0.15, -0.1) is 10.2 Å². The van der Waals surface area contributed by atoms with Crippen molar-refractivity contribution >= 4 is 0 Å². The number of nitrogens with zero attached hydrogens (tertiary/aromatic N) is 3. The van der Waals surface area contributed by atoms with Crippen LogP contribution in [0.2, 0.25) is 0 Å². The molecule has 1 aromatic carbocycles. The summed E-state index contributed by atoms with van der Waals surface area (Å²) in [4.78, 5) is 0. The average molecular weight is 282 g/mol. The third-order valence-corrected chi connectivity index (χ3v) is 5.02. The first-order valence-electron chi connectivity index (χ1n) is 8.05. The van der Waals surface area contributed by atoms with Gasteiger partial charge in [0.1, 0.15) is 6.33 Å². The third-order valence-electron chi connectivity index (χ3n) is 5.02. The van der Waals surface area contributed by atoms with Crippen LogP contribution in [0.15, 0.2) is 36.7 Å². The van der Waals surface area contributed by atoms with Gasteiger partial charge in [0.25, 0.3) is 0 Å². The molecule has 21 heavy (non-hydrogen) atoms. The van der Waals surface area contributed by atoms with Crippen LogP contribution in [0.3, 0.4) is 0 Å². The van der Waals surface area contributed by atoms with Crippen molar-refractivity contribution in [3.8, 4) is 5.69 Å². The van der Waals surface area contributed by atoms with E-state index in [1.54, 1.807) is 6.33 Å². The summed E-state index contributed by atoms with van der Waals surface area (Å²) in [5.41, 5.74) is 1.12. The number of aromatic nitrogens is 3. The first kappa shape index (κ1) is 13.0. The van der Waals surface area contributed by atoms with Crippen molar-refractivity contribution < 1.29 is 0 Å². The zero-order chi connectivity index (χ0) is 14.1. The molecule has 0 radical (unpaired) electrons. The smallest absolute Gasteiger partial charge is 0.151 e. The van der Waals surface area contributed by atoms with Gasteiger partial charge in [-0.3, -0.25) is 4.57 Å². The standard InChI is InChI=1S/C17H22N4/c1-2-4-16(5-3-1)21-12-19-20-17(21)11-18-10-13-6-7-14-9-15(14)8-13/h1-5,12-15,18H,6-11H2. The summed E-state index contributed by atoms with van der Waals surface area (Å²) in [6.07, 6.45) is 7.58. The Labute approximate surface area is 125 Å². The van der Waals surface area contributed by atoms with Gasteiger partial charge in [-0.1, -0.05) is 18.2 Å². The van der Waals surface area contributed by atoms with Gasteiger partial charge in [0.05, 0.1) is 6.54 Å². The fourth-order valence-corrected chi connectivity index (χ4v) is 3.71. The summed E-state index contributed by atoms with van der Waals surface area (Å²) in [6, 6.07) is 10.3. The van der Waals surface area contributed by atoms with Crippen LogP contribution in [-0.4, -0.2) is 21.3 Å². The molecule has 2 aliphatic rings. The van der Waals surface area contributed by atoms with E-state index in [2.05, 4.69) is 32.2 Å². The molecule has 3 atom stereocenters. The molecule has 2 aliphatic carbocycles. The number of benzene rings is 1. The van der Waals surface area contributed by atoms with Gasteiger partial charge in [0.2, 0.25) is 0 Å². The van der Waals surface area contributed by atoms with E-state index >= 15 is 0 Å². The maximum absolute atomic E-state index is 4.25. The molecule has 2 aromatic rings. The van der Waals surface area contributed by atoms with E-state index in [4.69, 9.17) is 0 Å². The number of fused-ring (bicyclic) bond motifs is 1. The minimum Gasteiger partial charge on any atom is -0.310 e. The second-order valence-electron chi connectivity index (χ2n) is 6.52. The summed E-state index contributed by atoms with van der Waals surface area (Å²) in [5, 5.41) is 11.9. The van der Waals surface area contributed by atoms with Crippen LogP contribution in [0.1, 0.15) is 31.5 Å². The molecule has 0 bridgehead atoms. The van der Waals surface area contributed by atoms with Gasteiger partial charge in [-0.25, -0.2) is 0 Å². The monoisotopic (exact) mass is 282 g/mol.